The number of hydrogen-bond donors (Lipinski definition) is 0. The minimum Gasteiger partial charge on any atom is -0.369 e. The molecule has 0 atom stereocenters. The Labute approximate surface area is 172 Å². The lowest BCUT2D eigenvalue weighted by molar-refractivity contribution is -0.131. The highest BCUT2D eigenvalue weighted by molar-refractivity contribution is 5.96. The lowest BCUT2D eigenvalue weighted by Gasteiger charge is -2.26. The highest BCUT2D eigenvalue weighted by atomic mass is 16.2. The summed E-state index contributed by atoms with van der Waals surface area (Å²) in [5.74, 6) is 0.259. The molecule has 0 radical (unpaired) electrons. The standard InChI is InChI=1S/C23H29N5O/c1-17-12-18(2)22-20(13-17)23(19(14-24)15-25-22)28-9-5-6-26(10-11-28)16-21(29)27-7-3-4-8-27/h12-13,15H,3-11,16H2,1-2H3. The fourth-order valence-electron chi connectivity index (χ4n) is 4.68. The number of anilines is 1. The molecular weight excluding hydrogens is 362 g/mol. The zero-order valence-corrected chi connectivity index (χ0v) is 17.4. The van der Waals surface area contributed by atoms with Crippen LogP contribution in [0.5, 0.6) is 0 Å². The van der Waals surface area contributed by atoms with Gasteiger partial charge in [-0.2, -0.15) is 5.26 Å². The molecule has 2 saturated heterocycles. The Morgan fingerprint density at radius 1 is 1.07 bits per heavy atom. The molecule has 1 amide bonds. The quantitative estimate of drug-likeness (QED) is 0.805. The van der Waals surface area contributed by atoms with Gasteiger partial charge in [-0.25, -0.2) is 0 Å². The SMILES string of the molecule is Cc1cc(C)c2ncc(C#N)c(N3CCCN(CC(=O)N4CCCC4)CC3)c2c1. The summed E-state index contributed by atoms with van der Waals surface area (Å²) in [6.07, 6.45) is 4.95. The number of fused-ring (bicyclic) bond motifs is 1. The van der Waals surface area contributed by atoms with E-state index in [2.05, 4.69) is 46.8 Å². The van der Waals surface area contributed by atoms with Crippen molar-refractivity contribution in [3.8, 4) is 6.07 Å². The molecule has 152 valence electrons. The van der Waals surface area contributed by atoms with Crippen molar-refractivity contribution in [3.63, 3.8) is 0 Å². The number of hydrogen-bond acceptors (Lipinski definition) is 5. The van der Waals surface area contributed by atoms with Crippen LogP contribution in [0.1, 0.15) is 36.0 Å². The Morgan fingerprint density at radius 3 is 2.62 bits per heavy atom. The van der Waals surface area contributed by atoms with E-state index in [1.807, 2.05) is 4.90 Å². The molecule has 0 bridgehead atoms. The molecule has 0 saturated carbocycles. The number of rotatable bonds is 3. The fourth-order valence-corrected chi connectivity index (χ4v) is 4.68. The molecule has 0 unspecified atom stereocenters. The van der Waals surface area contributed by atoms with Gasteiger partial charge in [0.25, 0.3) is 0 Å². The van der Waals surface area contributed by atoms with Crippen LogP contribution in [0.4, 0.5) is 5.69 Å². The van der Waals surface area contributed by atoms with Crippen molar-refractivity contribution in [1.82, 2.24) is 14.8 Å². The predicted octanol–water partition coefficient (Wildman–Crippen LogP) is 2.86. The number of likely N-dealkylation sites (tertiary alicyclic amines) is 1. The molecule has 29 heavy (non-hydrogen) atoms. The first-order chi connectivity index (χ1) is 14.1. The van der Waals surface area contributed by atoms with Crippen LogP contribution in [0, 0.1) is 25.2 Å². The Bertz CT molecular complexity index is 958. The van der Waals surface area contributed by atoms with Gasteiger partial charge in [0.05, 0.1) is 23.3 Å². The van der Waals surface area contributed by atoms with Crippen molar-refractivity contribution in [2.24, 2.45) is 0 Å². The summed E-state index contributed by atoms with van der Waals surface area (Å²) >= 11 is 0. The van der Waals surface area contributed by atoms with Gasteiger partial charge in [-0.1, -0.05) is 11.6 Å². The van der Waals surface area contributed by atoms with E-state index in [9.17, 15) is 10.1 Å². The van der Waals surface area contributed by atoms with E-state index in [1.165, 1.54) is 5.56 Å². The highest BCUT2D eigenvalue weighted by Gasteiger charge is 2.24. The number of nitrogens with zero attached hydrogens (tertiary/aromatic N) is 5. The molecule has 6 nitrogen and oxygen atoms in total. The third-order valence-electron chi connectivity index (χ3n) is 6.12. The van der Waals surface area contributed by atoms with E-state index in [0.717, 1.165) is 80.7 Å². The molecule has 2 fully saturated rings. The molecule has 0 aliphatic carbocycles. The smallest absolute Gasteiger partial charge is 0.236 e. The van der Waals surface area contributed by atoms with Gasteiger partial charge in [-0.15, -0.1) is 0 Å². The van der Waals surface area contributed by atoms with Gasteiger partial charge >= 0.3 is 0 Å². The molecule has 0 N–H and O–H groups in total. The van der Waals surface area contributed by atoms with E-state index < -0.39 is 0 Å². The molecule has 1 aromatic heterocycles. The van der Waals surface area contributed by atoms with Crippen LogP contribution in [0.3, 0.4) is 0 Å². The van der Waals surface area contributed by atoms with Crippen molar-refractivity contribution in [2.45, 2.75) is 33.1 Å². The minimum atomic E-state index is 0.259. The number of benzene rings is 1. The summed E-state index contributed by atoms with van der Waals surface area (Å²) < 4.78 is 0. The van der Waals surface area contributed by atoms with Crippen LogP contribution in [-0.2, 0) is 4.79 Å². The number of nitriles is 1. The second-order valence-electron chi connectivity index (χ2n) is 8.31. The van der Waals surface area contributed by atoms with Crippen LogP contribution in [0.15, 0.2) is 18.3 Å². The summed E-state index contributed by atoms with van der Waals surface area (Å²) in [5, 5.41) is 10.8. The van der Waals surface area contributed by atoms with Crippen molar-refractivity contribution < 1.29 is 4.79 Å². The van der Waals surface area contributed by atoms with Crippen LogP contribution in [0.25, 0.3) is 10.9 Å². The predicted molar refractivity (Wildman–Crippen MR) is 115 cm³/mol. The van der Waals surface area contributed by atoms with Gasteiger partial charge < -0.3 is 9.80 Å². The van der Waals surface area contributed by atoms with Gasteiger partial charge in [0, 0.05) is 50.9 Å². The van der Waals surface area contributed by atoms with E-state index in [-0.39, 0.29) is 5.91 Å². The zero-order valence-electron chi connectivity index (χ0n) is 17.4. The van der Waals surface area contributed by atoms with Crippen LogP contribution < -0.4 is 4.90 Å². The topological polar surface area (TPSA) is 63.5 Å². The molecule has 0 spiro atoms. The number of pyridine rings is 1. The average molecular weight is 392 g/mol. The second kappa shape index (κ2) is 8.38. The minimum absolute atomic E-state index is 0.259. The van der Waals surface area contributed by atoms with Crippen molar-refractivity contribution >= 4 is 22.5 Å². The third-order valence-corrected chi connectivity index (χ3v) is 6.12. The molecule has 6 heteroatoms. The summed E-state index contributed by atoms with van der Waals surface area (Å²) in [6.45, 7) is 9.93. The Balaban J connectivity index is 1.57. The second-order valence-corrected chi connectivity index (χ2v) is 8.31. The van der Waals surface area contributed by atoms with Gasteiger partial charge in [-0.3, -0.25) is 14.7 Å². The molecule has 3 heterocycles. The Hall–Kier alpha value is -2.65. The van der Waals surface area contributed by atoms with E-state index in [4.69, 9.17) is 0 Å². The van der Waals surface area contributed by atoms with E-state index in [1.54, 1.807) is 6.20 Å². The van der Waals surface area contributed by atoms with Crippen molar-refractivity contribution in [1.29, 1.82) is 5.26 Å². The lowest BCUT2D eigenvalue weighted by Crippen LogP contribution is -2.40. The lowest BCUT2D eigenvalue weighted by atomic mass is 10.0. The number of aromatic nitrogens is 1. The molecule has 2 aliphatic heterocycles. The molecule has 2 aromatic rings. The monoisotopic (exact) mass is 391 g/mol. The maximum Gasteiger partial charge on any atom is 0.236 e. The van der Waals surface area contributed by atoms with Gasteiger partial charge in [0.2, 0.25) is 5.91 Å². The first-order valence-corrected chi connectivity index (χ1v) is 10.6. The van der Waals surface area contributed by atoms with Gasteiger partial charge in [-0.05, 0) is 44.7 Å². The van der Waals surface area contributed by atoms with Crippen molar-refractivity contribution in [2.75, 3.05) is 50.7 Å². The van der Waals surface area contributed by atoms with Crippen LogP contribution in [-0.4, -0.2) is 66.5 Å². The number of carbonyl (C=O) groups is 1. The number of carbonyl (C=O) groups excluding carboxylic acids is 1. The molecular formula is C23H29N5O. The van der Waals surface area contributed by atoms with E-state index in [0.29, 0.717) is 12.1 Å². The van der Waals surface area contributed by atoms with E-state index >= 15 is 0 Å². The third kappa shape index (κ3) is 4.06. The Kier molecular flexibility index (Phi) is 5.68. The summed E-state index contributed by atoms with van der Waals surface area (Å²) in [4.78, 5) is 23.7. The number of amides is 1. The largest absolute Gasteiger partial charge is 0.369 e. The molecule has 1 aromatic carbocycles. The van der Waals surface area contributed by atoms with Gasteiger partial charge in [0.15, 0.2) is 0 Å². The van der Waals surface area contributed by atoms with Crippen molar-refractivity contribution in [3.05, 3.63) is 35.0 Å². The molecule has 2 aliphatic rings. The van der Waals surface area contributed by atoms with Crippen LogP contribution >= 0.6 is 0 Å². The average Bonchev–Trinajstić information content (AvgIpc) is 3.15. The first-order valence-electron chi connectivity index (χ1n) is 10.6. The maximum absolute atomic E-state index is 12.5. The Morgan fingerprint density at radius 2 is 1.86 bits per heavy atom. The molecule has 4 rings (SSSR count). The maximum atomic E-state index is 12.5. The fraction of sp³-hybridized carbons (Fsp3) is 0.522. The van der Waals surface area contributed by atoms with Crippen LogP contribution in [0.2, 0.25) is 0 Å². The first kappa shape index (κ1) is 19.7. The normalized spacial score (nSPS) is 18.1. The highest BCUT2D eigenvalue weighted by Crippen LogP contribution is 2.32. The number of aryl methyl sites for hydroxylation is 2. The zero-order chi connectivity index (χ0) is 20.4. The van der Waals surface area contributed by atoms with Gasteiger partial charge in [0.1, 0.15) is 6.07 Å². The summed E-state index contributed by atoms with van der Waals surface area (Å²) in [6, 6.07) is 6.63. The summed E-state index contributed by atoms with van der Waals surface area (Å²) in [7, 11) is 0. The summed E-state index contributed by atoms with van der Waals surface area (Å²) in [5.41, 5.74) is 4.91.